The fourth-order valence-electron chi connectivity index (χ4n) is 4.06. The van der Waals surface area contributed by atoms with Gasteiger partial charge in [-0.2, -0.15) is 0 Å². The summed E-state index contributed by atoms with van der Waals surface area (Å²) in [6.07, 6.45) is 2.56. The molecule has 0 amide bonds. The molecule has 3 atom stereocenters. The second-order valence-electron chi connectivity index (χ2n) is 7.91. The summed E-state index contributed by atoms with van der Waals surface area (Å²) in [7, 11) is 0. The molecule has 0 heterocycles. The fraction of sp³-hybridized carbons (Fsp3) is 1.00. The molecule has 0 heteroatoms. The van der Waals surface area contributed by atoms with Crippen molar-refractivity contribution in [1.29, 1.82) is 0 Å². The van der Waals surface area contributed by atoms with E-state index in [2.05, 4.69) is 69.2 Å². The number of hydrogen-bond donors (Lipinski definition) is 0. The fourth-order valence-corrected chi connectivity index (χ4v) is 4.06. The predicted octanol–water partition coefficient (Wildman–Crippen LogP) is 6.40. The highest BCUT2D eigenvalue weighted by molar-refractivity contribution is 4.92. The summed E-state index contributed by atoms with van der Waals surface area (Å²) in [4.78, 5) is 0. The third-order valence-electron chi connectivity index (χ3n) is 6.19. The maximum Gasteiger partial charge on any atom is -0.0277 e. The van der Waals surface area contributed by atoms with Crippen LogP contribution in [-0.2, 0) is 0 Å². The van der Waals surface area contributed by atoms with Crippen molar-refractivity contribution < 1.29 is 0 Å². The van der Waals surface area contributed by atoms with Crippen molar-refractivity contribution in [1.82, 2.24) is 0 Å². The molecular weight excluding hydrogens is 216 g/mol. The molecule has 0 aromatic carbocycles. The summed E-state index contributed by atoms with van der Waals surface area (Å²) < 4.78 is 0. The van der Waals surface area contributed by atoms with E-state index < -0.39 is 0 Å². The maximum atomic E-state index is 2.51. The van der Waals surface area contributed by atoms with Crippen molar-refractivity contribution in [2.24, 2.45) is 34.5 Å². The smallest absolute Gasteiger partial charge is 0.0277 e. The molecule has 0 aromatic heterocycles. The van der Waals surface area contributed by atoms with Gasteiger partial charge in [0.2, 0.25) is 0 Å². The summed E-state index contributed by atoms with van der Waals surface area (Å²) >= 11 is 0. The van der Waals surface area contributed by atoms with Crippen LogP contribution < -0.4 is 0 Å². The Labute approximate surface area is 117 Å². The van der Waals surface area contributed by atoms with Gasteiger partial charge in [-0.3, -0.25) is 0 Å². The van der Waals surface area contributed by atoms with Crippen LogP contribution in [0, 0.1) is 34.5 Å². The van der Waals surface area contributed by atoms with E-state index in [0.717, 1.165) is 23.7 Å². The Morgan fingerprint density at radius 3 is 1.44 bits per heavy atom. The van der Waals surface area contributed by atoms with Crippen LogP contribution in [0.2, 0.25) is 0 Å². The van der Waals surface area contributed by atoms with Crippen LogP contribution in [0.3, 0.4) is 0 Å². The van der Waals surface area contributed by atoms with E-state index in [-0.39, 0.29) is 0 Å². The SMILES string of the molecule is CCC(C)(C)C(C(C)C)C(C)C(C)(CC)C(C)C. The lowest BCUT2D eigenvalue weighted by Crippen LogP contribution is -2.43. The van der Waals surface area contributed by atoms with E-state index >= 15 is 0 Å². The predicted molar refractivity (Wildman–Crippen MR) is 84.8 cm³/mol. The molecule has 0 saturated carbocycles. The molecule has 3 unspecified atom stereocenters. The standard InChI is InChI=1S/C18H38/c1-11-17(8,9)16(13(3)4)15(7)18(10,12-2)14(5)6/h13-16H,11-12H2,1-10H3. The Morgan fingerprint density at radius 2 is 1.22 bits per heavy atom. The van der Waals surface area contributed by atoms with E-state index in [4.69, 9.17) is 0 Å². The van der Waals surface area contributed by atoms with Crippen LogP contribution in [0.1, 0.15) is 82.1 Å². The van der Waals surface area contributed by atoms with Crippen LogP contribution in [0.5, 0.6) is 0 Å². The van der Waals surface area contributed by atoms with Gasteiger partial charge in [-0.05, 0) is 34.5 Å². The van der Waals surface area contributed by atoms with Gasteiger partial charge in [0.1, 0.15) is 0 Å². The highest BCUT2D eigenvalue weighted by Crippen LogP contribution is 2.50. The van der Waals surface area contributed by atoms with Crippen molar-refractivity contribution in [3.63, 3.8) is 0 Å². The van der Waals surface area contributed by atoms with Gasteiger partial charge in [0.25, 0.3) is 0 Å². The van der Waals surface area contributed by atoms with Crippen LogP contribution in [0.4, 0.5) is 0 Å². The van der Waals surface area contributed by atoms with Crippen LogP contribution in [0.15, 0.2) is 0 Å². The molecule has 110 valence electrons. The van der Waals surface area contributed by atoms with Gasteiger partial charge in [0.05, 0.1) is 0 Å². The molecule has 0 bridgehead atoms. The lowest BCUT2D eigenvalue weighted by molar-refractivity contribution is -0.00966. The molecule has 0 radical (unpaired) electrons. The van der Waals surface area contributed by atoms with Gasteiger partial charge >= 0.3 is 0 Å². The van der Waals surface area contributed by atoms with Gasteiger partial charge in [0, 0.05) is 0 Å². The van der Waals surface area contributed by atoms with Crippen molar-refractivity contribution in [3.8, 4) is 0 Å². The van der Waals surface area contributed by atoms with Crippen molar-refractivity contribution in [2.75, 3.05) is 0 Å². The van der Waals surface area contributed by atoms with E-state index in [9.17, 15) is 0 Å². The van der Waals surface area contributed by atoms with Crippen LogP contribution >= 0.6 is 0 Å². The van der Waals surface area contributed by atoms with E-state index in [0.29, 0.717) is 10.8 Å². The average Bonchev–Trinajstić information content (AvgIpc) is 2.26. The van der Waals surface area contributed by atoms with Gasteiger partial charge < -0.3 is 0 Å². The molecule has 0 rings (SSSR count). The quantitative estimate of drug-likeness (QED) is 0.493. The van der Waals surface area contributed by atoms with Crippen molar-refractivity contribution in [3.05, 3.63) is 0 Å². The summed E-state index contributed by atoms with van der Waals surface area (Å²) in [5, 5.41) is 0. The average molecular weight is 255 g/mol. The lowest BCUT2D eigenvalue weighted by atomic mass is 9.55. The minimum Gasteiger partial charge on any atom is -0.0649 e. The van der Waals surface area contributed by atoms with Crippen LogP contribution in [0.25, 0.3) is 0 Å². The first-order valence-corrected chi connectivity index (χ1v) is 8.04. The Balaban J connectivity index is 5.39. The highest BCUT2D eigenvalue weighted by atomic mass is 14.5. The molecule has 0 nitrogen and oxygen atoms in total. The zero-order valence-electron chi connectivity index (χ0n) is 14.7. The zero-order chi connectivity index (χ0) is 14.7. The lowest BCUT2D eigenvalue weighted by Gasteiger charge is -2.50. The Kier molecular flexibility index (Phi) is 6.44. The molecule has 0 fully saturated rings. The van der Waals surface area contributed by atoms with Gasteiger partial charge in [0.15, 0.2) is 0 Å². The van der Waals surface area contributed by atoms with E-state index in [1.54, 1.807) is 0 Å². The minimum atomic E-state index is 0.443. The largest absolute Gasteiger partial charge is 0.0649 e. The number of rotatable bonds is 7. The van der Waals surface area contributed by atoms with Crippen molar-refractivity contribution >= 4 is 0 Å². The molecule has 0 spiro atoms. The second kappa shape index (κ2) is 6.44. The second-order valence-corrected chi connectivity index (χ2v) is 7.91. The topological polar surface area (TPSA) is 0 Å². The Bertz CT molecular complexity index is 236. The van der Waals surface area contributed by atoms with Gasteiger partial charge in [-0.15, -0.1) is 0 Å². The first kappa shape index (κ1) is 18.0. The number of hydrogen-bond acceptors (Lipinski definition) is 0. The zero-order valence-corrected chi connectivity index (χ0v) is 14.7. The summed E-state index contributed by atoms with van der Waals surface area (Å²) in [6, 6.07) is 0. The van der Waals surface area contributed by atoms with Gasteiger partial charge in [-0.1, -0.05) is 82.1 Å². The van der Waals surface area contributed by atoms with Gasteiger partial charge in [-0.25, -0.2) is 0 Å². The van der Waals surface area contributed by atoms with Crippen LogP contribution in [-0.4, -0.2) is 0 Å². The molecule has 0 aromatic rings. The highest BCUT2D eigenvalue weighted by Gasteiger charge is 2.43. The Morgan fingerprint density at radius 1 is 0.778 bits per heavy atom. The minimum absolute atomic E-state index is 0.443. The third kappa shape index (κ3) is 3.52. The summed E-state index contributed by atoms with van der Waals surface area (Å²) in [5.74, 6) is 3.10. The molecular formula is C18H38. The molecule has 0 saturated heterocycles. The molecule has 0 aliphatic rings. The molecule has 0 aliphatic heterocycles. The monoisotopic (exact) mass is 254 g/mol. The normalized spacial score (nSPS) is 20.0. The summed E-state index contributed by atoms with van der Waals surface area (Å²) in [6.45, 7) is 24.3. The van der Waals surface area contributed by atoms with Crippen molar-refractivity contribution in [2.45, 2.75) is 82.1 Å². The van der Waals surface area contributed by atoms with E-state index in [1.807, 2.05) is 0 Å². The summed E-state index contributed by atoms with van der Waals surface area (Å²) in [5.41, 5.74) is 0.903. The first-order chi connectivity index (χ1) is 8.04. The maximum absolute atomic E-state index is 2.51. The third-order valence-corrected chi connectivity index (χ3v) is 6.19. The Hall–Kier alpha value is 0. The first-order valence-electron chi connectivity index (χ1n) is 8.04. The molecule has 0 aliphatic carbocycles. The van der Waals surface area contributed by atoms with E-state index in [1.165, 1.54) is 12.8 Å². The molecule has 18 heavy (non-hydrogen) atoms. The molecule has 0 N–H and O–H groups in total.